The van der Waals surface area contributed by atoms with E-state index in [9.17, 15) is 13.9 Å². The van der Waals surface area contributed by atoms with Gasteiger partial charge in [-0.15, -0.1) is 0 Å². The third-order valence-electron chi connectivity index (χ3n) is 2.62. The molecule has 0 unspecified atom stereocenters. The molecule has 100 valence electrons. The number of hydrogen-bond donors (Lipinski definition) is 1. The number of hydrogen-bond acceptors (Lipinski definition) is 3. The van der Waals surface area contributed by atoms with E-state index in [1.807, 2.05) is 0 Å². The molecule has 0 amide bonds. The van der Waals surface area contributed by atoms with Crippen LogP contribution in [-0.2, 0) is 0 Å². The van der Waals surface area contributed by atoms with Gasteiger partial charge >= 0.3 is 51.4 Å². The molecule has 2 aromatic rings. The molecule has 2 N–H and O–H groups in total. The largest absolute Gasteiger partial charge is 1.00 e. The van der Waals surface area contributed by atoms with Gasteiger partial charge in [-0.25, -0.2) is 8.78 Å². The second kappa shape index (κ2) is 6.87. The summed E-state index contributed by atoms with van der Waals surface area (Å²) < 4.78 is 27.5. The Hall–Kier alpha value is 0.0464. The second-order valence-corrected chi connectivity index (χ2v) is 4.66. The molecule has 0 atom stereocenters. The van der Waals surface area contributed by atoms with Crippen molar-refractivity contribution in [1.82, 2.24) is 4.98 Å². The van der Waals surface area contributed by atoms with E-state index in [4.69, 9.17) is 28.9 Å². The fourth-order valence-electron chi connectivity index (χ4n) is 1.68. The van der Waals surface area contributed by atoms with E-state index in [-0.39, 0.29) is 83.9 Å². The Morgan fingerprint density at radius 1 is 1.25 bits per heavy atom. The number of nitrogens with zero attached hydrogens (tertiary/aromatic N) is 1. The van der Waals surface area contributed by atoms with E-state index in [1.54, 1.807) is 0 Å². The van der Waals surface area contributed by atoms with Crippen molar-refractivity contribution in [3.8, 4) is 17.1 Å². The zero-order chi connectivity index (χ0) is 14.3. The van der Waals surface area contributed by atoms with Crippen molar-refractivity contribution in [1.29, 1.82) is 0 Å². The van der Waals surface area contributed by atoms with Crippen molar-refractivity contribution in [2.24, 2.45) is 0 Å². The topological polar surface area (TPSA) is 62.0 Å². The first-order valence-electron chi connectivity index (χ1n) is 5.10. The number of pyridine rings is 1. The molecule has 2 rings (SSSR count). The van der Waals surface area contributed by atoms with E-state index in [1.165, 1.54) is 13.0 Å². The smallest absolute Gasteiger partial charge is 0.858 e. The fourth-order valence-corrected chi connectivity index (χ4v) is 2.02. The van der Waals surface area contributed by atoms with Gasteiger partial charge in [0.2, 0.25) is 0 Å². The van der Waals surface area contributed by atoms with Crippen LogP contribution in [-0.4, -0.2) is 4.98 Å². The molecule has 0 spiro atoms. The molecule has 1 aromatic carbocycles. The number of benzene rings is 1. The van der Waals surface area contributed by atoms with Crippen molar-refractivity contribution in [2.45, 2.75) is 6.92 Å². The molecule has 0 aliphatic carbocycles. The third-order valence-corrected chi connectivity index (χ3v) is 3.27. The molecule has 0 saturated heterocycles. The monoisotopic (exact) mass is 342 g/mol. The Labute approximate surface area is 166 Å². The average molecular weight is 343 g/mol. The molecule has 0 fully saturated rings. The predicted octanol–water partition coefficient (Wildman–Crippen LogP) is 0.302. The number of halogens is 4. The summed E-state index contributed by atoms with van der Waals surface area (Å²) in [6.07, 6.45) is 0. The number of aromatic nitrogens is 1. The zero-order valence-electron chi connectivity index (χ0n) is 10.6. The maximum absolute atomic E-state index is 13.9. The maximum Gasteiger partial charge on any atom is 1.00 e. The van der Waals surface area contributed by atoms with Crippen LogP contribution < -0.4 is 62.2 Å². The molecule has 1 aromatic heterocycles. The Morgan fingerprint density at radius 3 is 2.40 bits per heavy atom. The van der Waals surface area contributed by atoms with Crippen LogP contribution in [0.4, 0.5) is 14.5 Å². The average Bonchev–Trinajstić information content (AvgIpc) is 2.33. The van der Waals surface area contributed by atoms with Crippen molar-refractivity contribution in [3.63, 3.8) is 0 Å². The quantitative estimate of drug-likeness (QED) is 0.599. The second-order valence-electron chi connectivity index (χ2n) is 3.87. The molecule has 0 saturated carbocycles. The number of nitrogens with two attached hydrogens (primary N) is 1. The van der Waals surface area contributed by atoms with E-state index in [2.05, 4.69) is 4.98 Å². The molecule has 0 radical (unpaired) electrons. The SMILES string of the molecule is Cc1c(F)c(Cl)cc(F)c1-c1cc(N)c(Cl)c([O-])n1.[K+]. The van der Waals surface area contributed by atoms with E-state index >= 15 is 0 Å². The van der Waals surface area contributed by atoms with Gasteiger partial charge in [0.25, 0.3) is 0 Å². The molecule has 3 nitrogen and oxygen atoms in total. The van der Waals surface area contributed by atoms with Gasteiger partial charge in [-0.1, -0.05) is 23.2 Å². The minimum absolute atomic E-state index is 0. The zero-order valence-corrected chi connectivity index (χ0v) is 15.2. The minimum Gasteiger partial charge on any atom is -0.858 e. The summed E-state index contributed by atoms with van der Waals surface area (Å²) in [5, 5.41) is 10.8. The van der Waals surface area contributed by atoms with Crippen LogP contribution in [0, 0.1) is 18.6 Å². The van der Waals surface area contributed by atoms with Gasteiger partial charge in [-0.05, 0) is 24.6 Å². The fraction of sp³-hybridized carbons (Fsp3) is 0.0833. The van der Waals surface area contributed by atoms with Crippen LogP contribution in [0.15, 0.2) is 12.1 Å². The molecule has 8 heteroatoms. The first-order chi connectivity index (χ1) is 8.82. The van der Waals surface area contributed by atoms with Crippen molar-refractivity contribution >= 4 is 28.9 Å². The Kier molecular flexibility index (Phi) is 6.22. The third kappa shape index (κ3) is 3.27. The Balaban J connectivity index is 0.00000200. The summed E-state index contributed by atoms with van der Waals surface area (Å²) >= 11 is 11.1. The van der Waals surface area contributed by atoms with Gasteiger partial charge in [0.05, 0.1) is 21.4 Å². The summed E-state index contributed by atoms with van der Waals surface area (Å²) in [5.41, 5.74) is 5.16. The molecular weight excluding hydrogens is 336 g/mol. The summed E-state index contributed by atoms with van der Waals surface area (Å²) in [6.45, 7) is 1.33. The summed E-state index contributed by atoms with van der Waals surface area (Å²) in [7, 11) is 0. The maximum atomic E-state index is 13.9. The van der Waals surface area contributed by atoms with Crippen molar-refractivity contribution in [3.05, 3.63) is 39.4 Å². The van der Waals surface area contributed by atoms with Crippen LogP contribution in [0.5, 0.6) is 5.88 Å². The molecule has 0 aliphatic rings. The molecule has 20 heavy (non-hydrogen) atoms. The van der Waals surface area contributed by atoms with E-state index < -0.39 is 17.5 Å². The van der Waals surface area contributed by atoms with Gasteiger partial charge in [0.15, 0.2) is 0 Å². The van der Waals surface area contributed by atoms with Crippen LogP contribution in [0.2, 0.25) is 10.0 Å². The molecule has 0 aliphatic heterocycles. The summed E-state index contributed by atoms with van der Waals surface area (Å²) in [6, 6.07) is 2.03. The molecule has 0 bridgehead atoms. The minimum atomic E-state index is -0.800. The van der Waals surface area contributed by atoms with Crippen LogP contribution in [0.25, 0.3) is 11.3 Å². The van der Waals surface area contributed by atoms with Gasteiger partial charge in [0.1, 0.15) is 11.6 Å². The van der Waals surface area contributed by atoms with Crippen LogP contribution in [0.3, 0.4) is 0 Å². The van der Waals surface area contributed by atoms with Crippen LogP contribution >= 0.6 is 23.2 Å². The van der Waals surface area contributed by atoms with Gasteiger partial charge in [-0.3, -0.25) is 4.98 Å². The number of rotatable bonds is 1. The van der Waals surface area contributed by atoms with Crippen LogP contribution in [0.1, 0.15) is 5.56 Å². The number of nitrogen functional groups attached to an aromatic ring is 1. The van der Waals surface area contributed by atoms with Gasteiger partial charge < -0.3 is 10.8 Å². The normalized spacial score (nSPS) is 10.2. The van der Waals surface area contributed by atoms with E-state index in [0.29, 0.717) is 0 Å². The van der Waals surface area contributed by atoms with Gasteiger partial charge in [0, 0.05) is 11.4 Å². The first-order valence-corrected chi connectivity index (χ1v) is 5.86. The van der Waals surface area contributed by atoms with Crippen molar-refractivity contribution < 1.29 is 65.3 Å². The molecule has 1 heterocycles. The Bertz CT molecular complexity index is 660. The standard InChI is InChI=1S/C12H8Cl2F2N2O.K/c1-4-9(6(15)2-5(13)11(4)16)8-3-7(17)10(14)12(19)18-8;/h2-3H,1H3,(H3,17,18,19);/q;+1/p-1. The van der Waals surface area contributed by atoms with Gasteiger partial charge in [-0.2, -0.15) is 0 Å². The predicted molar refractivity (Wildman–Crippen MR) is 68.2 cm³/mol. The summed E-state index contributed by atoms with van der Waals surface area (Å²) in [5.74, 6) is -2.37. The first kappa shape index (κ1) is 18.1. The van der Waals surface area contributed by atoms with Crippen molar-refractivity contribution in [2.75, 3.05) is 5.73 Å². The number of anilines is 1. The van der Waals surface area contributed by atoms with E-state index in [0.717, 1.165) is 6.07 Å². The Morgan fingerprint density at radius 2 is 1.85 bits per heavy atom. The molecular formula is C12H7Cl2F2KN2O. The summed E-state index contributed by atoms with van der Waals surface area (Å²) in [4.78, 5) is 3.58.